The van der Waals surface area contributed by atoms with Crippen LogP contribution < -0.4 is 0 Å². The Morgan fingerprint density at radius 3 is 2.12 bits per heavy atom. The first kappa shape index (κ1) is 15.9. The van der Waals surface area contributed by atoms with E-state index in [4.69, 9.17) is 0 Å². The van der Waals surface area contributed by atoms with Crippen molar-refractivity contribution in [2.24, 2.45) is 5.92 Å². The molecule has 0 saturated carbocycles. The second-order valence-electron chi connectivity index (χ2n) is 5.59. The molecule has 0 radical (unpaired) electrons. The Morgan fingerprint density at radius 2 is 1.75 bits per heavy atom. The number of hydrogen-bond donors (Lipinski definition) is 1. The summed E-state index contributed by atoms with van der Waals surface area (Å²) in [5.74, 6) is 0.306. The maximum atomic E-state index is 10.4. The van der Waals surface area contributed by atoms with Crippen molar-refractivity contribution in [3.8, 4) is 0 Å². The van der Waals surface area contributed by atoms with Gasteiger partial charge in [-0.05, 0) is 39.2 Å². The fourth-order valence-electron chi connectivity index (χ4n) is 1.67. The van der Waals surface area contributed by atoms with E-state index in [-0.39, 0.29) is 0 Å². The average molecular weight is 229 g/mol. The SMILES string of the molecule is CCCCN(CC(C)(O)C(C)C)C(C)CC. The predicted octanol–water partition coefficient (Wildman–Crippen LogP) is 3.29. The van der Waals surface area contributed by atoms with Crippen molar-refractivity contribution in [2.45, 2.75) is 72.4 Å². The lowest BCUT2D eigenvalue weighted by Gasteiger charge is -2.37. The molecule has 98 valence electrons. The molecule has 16 heavy (non-hydrogen) atoms. The van der Waals surface area contributed by atoms with E-state index in [2.05, 4.69) is 39.5 Å². The Kier molecular flexibility index (Phi) is 7.25. The van der Waals surface area contributed by atoms with Crippen LogP contribution in [0.4, 0.5) is 0 Å². The highest BCUT2D eigenvalue weighted by Crippen LogP contribution is 2.20. The lowest BCUT2D eigenvalue weighted by Crippen LogP contribution is -2.48. The van der Waals surface area contributed by atoms with E-state index in [1.54, 1.807) is 0 Å². The van der Waals surface area contributed by atoms with Crippen molar-refractivity contribution in [3.05, 3.63) is 0 Å². The minimum absolute atomic E-state index is 0.306. The summed E-state index contributed by atoms with van der Waals surface area (Å²) in [5, 5.41) is 10.4. The Hall–Kier alpha value is -0.0800. The summed E-state index contributed by atoms with van der Waals surface area (Å²) in [6.45, 7) is 14.7. The second kappa shape index (κ2) is 7.29. The van der Waals surface area contributed by atoms with Gasteiger partial charge in [0.05, 0.1) is 5.60 Å². The molecule has 0 aliphatic heterocycles. The summed E-state index contributed by atoms with van der Waals surface area (Å²) < 4.78 is 0. The maximum Gasteiger partial charge on any atom is 0.0768 e. The molecule has 0 heterocycles. The van der Waals surface area contributed by atoms with Gasteiger partial charge >= 0.3 is 0 Å². The highest BCUT2D eigenvalue weighted by molar-refractivity contribution is 4.82. The van der Waals surface area contributed by atoms with Gasteiger partial charge in [0.2, 0.25) is 0 Å². The van der Waals surface area contributed by atoms with Crippen molar-refractivity contribution in [1.82, 2.24) is 4.90 Å². The van der Waals surface area contributed by atoms with Crippen LogP contribution in [0.15, 0.2) is 0 Å². The van der Waals surface area contributed by atoms with Gasteiger partial charge in [-0.3, -0.25) is 4.90 Å². The molecule has 2 unspecified atom stereocenters. The molecular weight excluding hydrogens is 198 g/mol. The summed E-state index contributed by atoms with van der Waals surface area (Å²) in [6, 6.07) is 0.566. The second-order valence-corrected chi connectivity index (χ2v) is 5.59. The molecule has 0 aromatic heterocycles. The fourth-order valence-corrected chi connectivity index (χ4v) is 1.67. The molecule has 0 aromatic carbocycles. The van der Waals surface area contributed by atoms with Crippen LogP contribution in [0.25, 0.3) is 0 Å². The predicted molar refractivity (Wildman–Crippen MR) is 71.7 cm³/mol. The molecule has 2 heteroatoms. The molecule has 1 N–H and O–H groups in total. The standard InChI is InChI=1S/C14H31NO/c1-7-9-10-15(13(5)8-2)11-14(6,16)12(3)4/h12-13,16H,7-11H2,1-6H3. The highest BCUT2D eigenvalue weighted by atomic mass is 16.3. The maximum absolute atomic E-state index is 10.4. The zero-order chi connectivity index (χ0) is 12.8. The summed E-state index contributed by atoms with van der Waals surface area (Å²) in [4.78, 5) is 2.43. The molecule has 0 amide bonds. The van der Waals surface area contributed by atoms with Gasteiger partial charge in [-0.15, -0.1) is 0 Å². The van der Waals surface area contributed by atoms with Crippen molar-refractivity contribution in [1.29, 1.82) is 0 Å². The lowest BCUT2D eigenvalue weighted by atomic mass is 9.91. The molecule has 0 spiro atoms. The van der Waals surface area contributed by atoms with Crippen LogP contribution >= 0.6 is 0 Å². The number of aliphatic hydroxyl groups is 1. The van der Waals surface area contributed by atoms with E-state index >= 15 is 0 Å². The fraction of sp³-hybridized carbons (Fsp3) is 1.00. The van der Waals surface area contributed by atoms with E-state index in [0.29, 0.717) is 12.0 Å². The third kappa shape index (κ3) is 5.31. The summed E-state index contributed by atoms with van der Waals surface area (Å²) in [6.07, 6.45) is 3.59. The number of nitrogens with zero attached hydrogens (tertiary/aromatic N) is 1. The molecule has 0 bridgehead atoms. The van der Waals surface area contributed by atoms with E-state index in [0.717, 1.165) is 19.5 Å². The summed E-state index contributed by atoms with van der Waals surface area (Å²) >= 11 is 0. The number of unbranched alkanes of at least 4 members (excludes halogenated alkanes) is 1. The van der Waals surface area contributed by atoms with Gasteiger partial charge in [-0.2, -0.15) is 0 Å². The van der Waals surface area contributed by atoms with Crippen LogP contribution in [-0.2, 0) is 0 Å². The Morgan fingerprint density at radius 1 is 1.19 bits per heavy atom. The molecule has 2 nitrogen and oxygen atoms in total. The van der Waals surface area contributed by atoms with Gasteiger partial charge < -0.3 is 5.11 Å². The van der Waals surface area contributed by atoms with Crippen LogP contribution in [0.5, 0.6) is 0 Å². The Labute approximate surface area is 102 Å². The average Bonchev–Trinajstić information content (AvgIpc) is 2.22. The third-order valence-electron chi connectivity index (χ3n) is 3.78. The smallest absolute Gasteiger partial charge is 0.0768 e. The monoisotopic (exact) mass is 229 g/mol. The number of hydrogen-bond acceptors (Lipinski definition) is 2. The third-order valence-corrected chi connectivity index (χ3v) is 3.78. The normalized spacial score (nSPS) is 17.8. The molecule has 0 saturated heterocycles. The zero-order valence-corrected chi connectivity index (χ0v) is 12.1. The quantitative estimate of drug-likeness (QED) is 0.690. The van der Waals surface area contributed by atoms with Crippen LogP contribution in [0, 0.1) is 5.92 Å². The minimum Gasteiger partial charge on any atom is -0.389 e. The van der Waals surface area contributed by atoms with Crippen LogP contribution in [0.3, 0.4) is 0 Å². The molecule has 0 rings (SSSR count). The van der Waals surface area contributed by atoms with Crippen molar-refractivity contribution >= 4 is 0 Å². The molecule has 0 aliphatic carbocycles. The molecule has 0 aromatic rings. The first-order valence-electron chi connectivity index (χ1n) is 6.81. The van der Waals surface area contributed by atoms with E-state index in [1.165, 1.54) is 12.8 Å². The number of rotatable bonds is 8. The van der Waals surface area contributed by atoms with E-state index in [1.807, 2.05) is 6.92 Å². The highest BCUT2D eigenvalue weighted by Gasteiger charge is 2.28. The molecule has 0 aliphatic rings. The topological polar surface area (TPSA) is 23.5 Å². The van der Waals surface area contributed by atoms with Crippen LogP contribution in [0.1, 0.15) is 60.8 Å². The van der Waals surface area contributed by atoms with Gasteiger partial charge in [-0.1, -0.05) is 34.1 Å². The molecular formula is C14H31NO. The van der Waals surface area contributed by atoms with Crippen molar-refractivity contribution < 1.29 is 5.11 Å². The van der Waals surface area contributed by atoms with E-state index in [9.17, 15) is 5.11 Å². The van der Waals surface area contributed by atoms with Gasteiger partial charge in [0.15, 0.2) is 0 Å². The molecule has 2 atom stereocenters. The van der Waals surface area contributed by atoms with Gasteiger partial charge in [0.1, 0.15) is 0 Å². The van der Waals surface area contributed by atoms with Crippen molar-refractivity contribution in [2.75, 3.05) is 13.1 Å². The Bertz CT molecular complexity index is 178. The summed E-state index contributed by atoms with van der Waals surface area (Å²) in [5.41, 5.74) is -0.572. The van der Waals surface area contributed by atoms with Crippen LogP contribution in [-0.4, -0.2) is 34.7 Å². The molecule has 0 fully saturated rings. The van der Waals surface area contributed by atoms with Crippen LogP contribution in [0.2, 0.25) is 0 Å². The minimum atomic E-state index is -0.572. The largest absolute Gasteiger partial charge is 0.389 e. The first-order chi connectivity index (χ1) is 7.35. The summed E-state index contributed by atoms with van der Waals surface area (Å²) in [7, 11) is 0. The van der Waals surface area contributed by atoms with Gasteiger partial charge in [-0.25, -0.2) is 0 Å². The van der Waals surface area contributed by atoms with E-state index < -0.39 is 5.60 Å². The first-order valence-corrected chi connectivity index (χ1v) is 6.81. The van der Waals surface area contributed by atoms with Gasteiger partial charge in [0.25, 0.3) is 0 Å². The zero-order valence-electron chi connectivity index (χ0n) is 12.1. The lowest BCUT2D eigenvalue weighted by molar-refractivity contribution is -0.0282. The Balaban J connectivity index is 4.40. The van der Waals surface area contributed by atoms with Crippen molar-refractivity contribution in [3.63, 3.8) is 0 Å². The van der Waals surface area contributed by atoms with Gasteiger partial charge in [0, 0.05) is 12.6 Å².